The summed E-state index contributed by atoms with van der Waals surface area (Å²) in [6.07, 6.45) is 14.9. The van der Waals surface area contributed by atoms with Gasteiger partial charge in [0.1, 0.15) is 5.75 Å². The van der Waals surface area contributed by atoms with Gasteiger partial charge in [-0.3, -0.25) is 0 Å². The van der Waals surface area contributed by atoms with Crippen molar-refractivity contribution in [2.24, 2.45) is 35.5 Å². The van der Waals surface area contributed by atoms with Gasteiger partial charge in [-0.25, -0.2) is 4.98 Å². The van der Waals surface area contributed by atoms with Crippen LogP contribution in [0.3, 0.4) is 0 Å². The second kappa shape index (κ2) is 17.3. The van der Waals surface area contributed by atoms with E-state index in [0.29, 0.717) is 5.75 Å². The summed E-state index contributed by atoms with van der Waals surface area (Å²) in [5.41, 5.74) is 13.2. The Morgan fingerprint density at radius 2 is 0.821 bits per heavy atom. The molecular formula is C62H75HfNO3. The van der Waals surface area contributed by atoms with Crippen molar-refractivity contribution in [1.29, 1.82) is 0 Å². The topological polar surface area (TPSA) is 68.2 Å². The molecule has 4 aromatic carbocycles. The number of aryl methyl sites for hydroxylation is 2. The van der Waals surface area contributed by atoms with Crippen molar-refractivity contribution in [3.05, 3.63) is 106 Å². The number of ether oxygens (including phenoxy) is 1. The standard InChI is InChI=1S/C60H71NO3.2CH3.Hf/c1-34-10-12-45(49-22-42(57(3,4)5)24-51(55(49)62)59-28-36-16-37(29-59)18-38(17-36)30-59)47(14-34)53-26-44(64-9)27-54(61-53)48-15-35(2)11-13-46(48)50-23-43(58(6,7)8)25-52(56(50)63)60-31-39-19-40(32-60)21-41(20-39)33-60;;;/h10-15,22-27,36-41,62-63H,16-21,28-33H2,1-9H3;2*1H3;/q;;;+2/p-2. The van der Waals surface area contributed by atoms with Crippen molar-refractivity contribution in [2.75, 3.05) is 7.11 Å². The van der Waals surface area contributed by atoms with Gasteiger partial charge in [0.05, 0.1) is 18.5 Å². The molecule has 0 saturated heterocycles. The van der Waals surface area contributed by atoms with Crippen molar-refractivity contribution >= 4 is 0 Å². The van der Waals surface area contributed by atoms with E-state index in [-0.39, 0.29) is 56.1 Å². The fourth-order valence-corrected chi connectivity index (χ4v) is 15.3. The zero-order chi connectivity index (χ0) is 47.4. The van der Waals surface area contributed by atoms with E-state index in [9.17, 15) is 0 Å². The van der Waals surface area contributed by atoms with Crippen LogP contribution in [0.4, 0.5) is 0 Å². The number of pyridine rings is 1. The van der Waals surface area contributed by atoms with E-state index in [4.69, 9.17) is 9.72 Å². The van der Waals surface area contributed by atoms with Crippen molar-refractivity contribution in [2.45, 2.75) is 163 Å². The third-order valence-electron chi connectivity index (χ3n) is 17.6. The van der Waals surface area contributed by atoms with E-state index in [1.807, 2.05) is 12.1 Å². The number of hydrogen-bond acceptors (Lipinski definition) is 4. The first kappa shape index (κ1) is 47.0. The first-order chi connectivity index (χ1) is 31.8. The minimum absolute atomic E-state index is 0.0318. The van der Waals surface area contributed by atoms with E-state index >= 15 is 10.2 Å². The van der Waals surface area contributed by atoms with Gasteiger partial charge in [-0.1, -0.05) is 113 Å². The van der Waals surface area contributed by atoms with Crippen LogP contribution in [0.15, 0.2) is 72.8 Å². The molecule has 0 unspecified atom stereocenters. The minimum atomic E-state index is -0.131. The van der Waals surface area contributed by atoms with E-state index in [2.05, 4.69) is 125 Å². The van der Waals surface area contributed by atoms with Crippen LogP contribution in [0.25, 0.3) is 44.8 Å². The molecule has 1 aromatic heterocycles. The van der Waals surface area contributed by atoms with E-state index in [1.165, 1.54) is 49.7 Å². The van der Waals surface area contributed by atoms with Crippen LogP contribution in [0.5, 0.6) is 17.2 Å². The van der Waals surface area contributed by atoms with Crippen LogP contribution in [0.1, 0.15) is 152 Å². The molecule has 350 valence electrons. The first-order valence-corrected chi connectivity index (χ1v) is 33.1. The number of benzene rings is 4. The van der Waals surface area contributed by atoms with Crippen LogP contribution in [0.2, 0.25) is 9.36 Å². The molecule has 4 nitrogen and oxygen atoms in total. The molecule has 8 saturated carbocycles. The predicted octanol–water partition coefficient (Wildman–Crippen LogP) is 15.2. The second-order valence-corrected chi connectivity index (χ2v) is 28.7. The fraction of sp³-hybridized carbons (Fsp3) is 0.532. The molecular weight excluding hydrogens is 985 g/mol. The summed E-state index contributed by atoms with van der Waals surface area (Å²) in [5.74, 6) is 5.53. The van der Waals surface area contributed by atoms with Crippen molar-refractivity contribution in [3.8, 4) is 62.0 Å². The Hall–Kier alpha value is -3.70. The Labute approximate surface area is 414 Å². The average molecular weight is 1060 g/mol. The zero-order valence-corrected chi connectivity index (χ0v) is 46.1. The van der Waals surface area contributed by atoms with Gasteiger partial charge >= 0.3 is 32.3 Å². The van der Waals surface area contributed by atoms with E-state index in [1.54, 1.807) is 7.11 Å². The number of hydrogen-bond donors (Lipinski definition) is 0. The Morgan fingerprint density at radius 1 is 0.493 bits per heavy atom. The SMILES string of the molecule is COc1cc(-c2cc(C)ccc2-c2cc(C(C)(C)C)cc(C34CC5CC(CC(C5)C3)C4)c2[O-])nc(-c2cc(C)ccc2-c2cc(C(C)(C)C)cc(C34CC5CC(CC(C5)C3)C4)c2[O-])c1.[CH3][Hf+2][CH3]. The molecule has 0 aliphatic heterocycles. The van der Waals surface area contributed by atoms with Gasteiger partial charge in [0.25, 0.3) is 0 Å². The summed E-state index contributed by atoms with van der Waals surface area (Å²) >= 11 is 0.0833. The van der Waals surface area contributed by atoms with Gasteiger partial charge in [-0.15, -0.1) is 0 Å². The molecule has 0 spiro atoms. The molecule has 5 heteroatoms. The average Bonchev–Trinajstić information content (AvgIpc) is 3.25. The fourth-order valence-electron chi connectivity index (χ4n) is 15.3. The normalized spacial score (nSPS) is 28.0. The monoisotopic (exact) mass is 1060 g/mol. The van der Waals surface area contributed by atoms with Gasteiger partial charge in [-0.05, 0) is 205 Å². The molecule has 0 N–H and O–H groups in total. The number of methoxy groups -OCH3 is 1. The molecule has 8 aliphatic rings. The summed E-state index contributed by atoms with van der Waals surface area (Å²) in [6, 6.07) is 26.1. The molecule has 5 aromatic rings. The Kier molecular flexibility index (Phi) is 12.1. The summed E-state index contributed by atoms with van der Waals surface area (Å²) in [7, 11) is 1.72. The molecule has 1 heterocycles. The molecule has 67 heavy (non-hydrogen) atoms. The molecule has 8 bridgehead atoms. The number of aromatic nitrogens is 1. The number of nitrogens with zero attached hydrogens (tertiary/aromatic N) is 1. The summed E-state index contributed by atoms with van der Waals surface area (Å²) in [5, 5.41) is 30.7. The Morgan fingerprint density at radius 3 is 1.12 bits per heavy atom. The molecule has 0 radical (unpaired) electrons. The molecule has 8 fully saturated rings. The summed E-state index contributed by atoms with van der Waals surface area (Å²) in [4.78, 5) is 5.55. The maximum atomic E-state index is 15.4. The van der Waals surface area contributed by atoms with Gasteiger partial charge in [-0.2, -0.15) is 0 Å². The van der Waals surface area contributed by atoms with Gasteiger partial charge in [0.15, 0.2) is 0 Å². The van der Waals surface area contributed by atoms with E-state index < -0.39 is 0 Å². The molecule has 0 atom stereocenters. The van der Waals surface area contributed by atoms with E-state index in [0.717, 1.165) is 141 Å². The third kappa shape index (κ3) is 8.60. The van der Waals surface area contributed by atoms with Crippen LogP contribution in [-0.2, 0) is 44.6 Å². The van der Waals surface area contributed by atoms with Gasteiger partial charge in [0, 0.05) is 23.3 Å². The zero-order valence-electron chi connectivity index (χ0n) is 42.5. The van der Waals surface area contributed by atoms with Crippen molar-refractivity contribution in [3.63, 3.8) is 0 Å². The first-order valence-electron chi connectivity index (χ1n) is 25.9. The maximum absolute atomic E-state index is 15.4. The quantitative estimate of drug-likeness (QED) is 0.152. The van der Waals surface area contributed by atoms with Crippen LogP contribution in [0, 0.1) is 49.4 Å². The Balaban J connectivity index is 0.00000171. The number of rotatable bonds is 7. The molecule has 8 aliphatic carbocycles. The van der Waals surface area contributed by atoms with Gasteiger partial charge in [0.2, 0.25) is 0 Å². The molecule has 0 amide bonds. The molecule has 13 rings (SSSR count). The van der Waals surface area contributed by atoms with Crippen LogP contribution in [-0.4, -0.2) is 12.1 Å². The summed E-state index contributed by atoms with van der Waals surface area (Å²) < 4.78 is 10.8. The van der Waals surface area contributed by atoms with Crippen molar-refractivity contribution < 1.29 is 37.9 Å². The van der Waals surface area contributed by atoms with Crippen molar-refractivity contribution in [1.82, 2.24) is 4.98 Å². The Bertz CT molecular complexity index is 2460. The van der Waals surface area contributed by atoms with Crippen LogP contribution < -0.4 is 14.9 Å². The predicted molar refractivity (Wildman–Crippen MR) is 270 cm³/mol. The van der Waals surface area contributed by atoms with Gasteiger partial charge < -0.3 is 14.9 Å². The third-order valence-corrected chi connectivity index (χ3v) is 17.6. The summed E-state index contributed by atoms with van der Waals surface area (Å²) in [6.45, 7) is 17.9. The second-order valence-electron chi connectivity index (χ2n) is 25.1. The van der Waals surface area contributed by atoms with Crippen LogP contribution >= 0.6 is 0 Å².